The molecule has 3 aromatic carbocycles. The van der Waals surface area contributed by atoms with E-state index in [9.17, 15) is 27.6 Å². The first-order valence-electron chi connectivity index (χ1n) is 19.5. The maximum Gasteiger partial charge on any atom is 0.421 e. The number of hydrogen-bond acceptors (Lipinski definition) is 11. The van der Waals surface area contributed by atoms with Gasteiger partial charge in [0.2, 0.25) is 17.8 Å². The molecule has 8 rings (SSSR count). The van der Waals surface area contributed by atoms with E-state index < -0.39 is 17.8 Å². The zero-order chi connectivity index (χ0) is 41.3. The number of aromatic nitrogens is 4. The molecule has 0 aliphatic carbocycles. The molecule has 3 saturated heterocycles. The van der Waals surface area contributed by atoms with Crippen LogP contribution in [0.5, 0.6) is 5.75 Å². The van der Waals surface area contributed by atoms with Crippen LogP contribution in [0.25, 0.3) is 10.9 Å². The standard InChI is InChI=1S/C41H44F3N11O4/c1-51-33-22-27(8-10-30(33)38(50-51)55-17-14-35(56)48-40(55)58)26-12-15-52(16-13-26)25-36(57)54-20-18-53(19-21-54)29-9-11-32(34(23-29)59-2)47-39-45-24-31(41(42,43)44)37(49-39)46-28-6-4-3-5-7-28/h3-11,22-24,26H,12-21,25H2,1-2H3,(H,48,56,58)(H2,45,46,47,49). The minimum atomic E-state index is -4.66. The molecule has 3 N–H and O–H groups in total. The number of piperidine rings is 1. The smallest absolute Gasteiger partial charge is 0.421 e. The molecule has 0 bridgehead atoms. The number of alkyl halides is 3. The number of benzene rings is 3. The van der Waals surface area contributed by atoms with Crippen LogP contribution in [-0.4, -0.2) is 107 Å². The Bertz CT molecular complexity index is 2360. The summed E-state index contributed by atoms with van der Waals surface area (Å²) < 4.78 is 48.8. The van der Waals surface area contributed by atoms with Gasteiger partial charge in [0.1, 0.15) is 17.1 Å². The van der Waals surface area contributed by atoms with E-state index in [1.54, 1.807) is 41.1 Å². The summed E-state index contributed by atoms with van der Waals surface area (Å²) in [5.74, 6) is 0.735. The van der Waals surface area contributed by atoms with Crippen molar-refractivity contribution in [2.45, 2.75) is 31.4 Å². The second kappa shape index (κ2) is 16.4. The average Bonchev–Trinajstić information content (AvgIpc) is 3.56. The molecule has 0 radical (unpaired) electrons. The molecule has 0 saturated carbocycles. The Morgan fingerprint density at radius 1 is 0.932 bits per heavy atom. The number of hydrogen-bond donors (Lipinski definition) is 3. The zero-order valence-corrected chi connectivity index (χ0v) is 32.6. The van der Waals surface area contributed by atoms with E-state index in [0.29, 0.717) is 61.6 Å². The Hall–Kier alpha value is -6.43. The number of nitrogens with zero attached hydrogens (tertiary/aromatic N) is 8. The van der Waals surface area contributed by atoms with Crippen LogP contribution in [0.2, 0.25) is 0 Å². The van der Waals surface area contributed by atoms with Crippen molar-refractivity contribution in [3.05, 3.63) is 84.1 Å². The van der Waals surface area contributed by atoms with Crippen LogP contribution in [0.3, 0.4) is 0 Å². The molecule has 0 spiro atoms. The van der Waals surface area contributed by atoms with Crippen LogP contribution in [0, 0.1) is 0 Å². The fourth-order valence-electron chi connectivity index (χ4n) is 7.91. The summed E-state index contributed by atoms with van der Waals surface area (Å²) in [4.78, 5) is 53.5. The quantitative estimate of drug-likeness (QED) is 0.156. The lowest BCUT2D eigenvalue weighted by Gasteiger charge is -2.38. The summed E-state index contributed by atoms with van der Waals surface area (Å²) in [5.41, 5.74) is 2.95. The minimum absolute atomic E-state index is 0.0364. The van der Waals surface area contributed by atoms with Gasteiger partial charge < -0.3 is 25.2 Å². The normalized spacial score (nSPS) is 17.0. The van der Waals surface area contributed by atoms with Gasteiger partial charge in [-0.05, 0) is 73.8 Å². The molecule has 3 aliphatic rings. The number of carbonyl (C=O) groups is 3. The fraction of sp³-hybridized carbons (Fsp3) is 0.366. The predicted octanol–water partition coefficient (Wildman–Crippen LogP) is 5.85. The van der Waals surface area contributed by atoms with Crippen molar-refractivity contribution >= 4 is 63.4 Å². The average molecular weight is 812 g/mol. The van der Waals surface area contributed by atoms with Gasteiger partial charge >= 0.3 is 12.2 Å². The van der Waals surface area contributed by atoms with Crippen molar-refractivity contribution in [2.75, 3.05) is 79.9 Å². The Labute approximate surface area is 338 Å². The number of para-hydroxylation sites is 1. The molecule has 59 heavy (non-hydrogen) atoms. The highest BCUT2D eigenvalue weighted by Crippen LogP contribution is 2.37. The van der Waals surface area contributed by atoms with E-state index >= 15 is 0 Å². The molecule has 18 heteroatoms. The lowest BCUT2D eigenvalue weighted by Crippen LogP contribution is -2.51. The highest BCUT2D eigenvalue weighted by Gasteiger charge is 2.36. The van der Waals surface area contributed by atoms with Gasteiger partial charge in [-0.3, -0.25) is 29.4 Å². The molecule has 0 unspecified atom stereocenters. The Morgan fingerprint density at radius 3 is 2.41 bits per heavy atom. The number of nitrogens with one attached hydrogen (secondary N) is 3. The van der Waals surface area contributed by atoms with Gasteiger partial charge in [-0.15, -0.1) is 0 Å². The molecule has 0 atom stereocenters. The third-order valence-corrected chi connectivity index (χ3v) is 11.1. The van der Waals surface area contributed by atoms with Gasteiger partial charge in [0.25, 0.3) is 0 Å². The van der Waals surface area contributed by atoms with Crippen LogP contribution in [0.15, 0.2) is 72.9 Å². The van der Waals surface area contributed by atoms with Crippen LogP contribution < -0.4 is 30.5 Å². The van der Waals surface area contributed by atoms with Crippen LogP contribution in [-0.2, 0) is 22.8 Å². The highest BCUT2D eigenvalue weighted by molar-refractivity contribution is 6.08. The number of rotatable bonds is 10. The van der Waals surface area contributed by atoms with Crippen LogP contribution in [0.4, 0.5) is 52.6 Å². The molecular formula is C41H44F3N11O4. The van der Waals surface area contributed by atoms with Crippen molar-refractivity contribution < 1.29 is 32.3 Å². The number of carbonyl (C=O) groups excluding carboxylic acids is 3. The van der Waals surface area contributed by atoms with Gasteiger partial charge in [-0.1, -0.05) is 24.3 Å². The van der Waals surface area contributed by atoms with E-state index in [1.807, 2.05) is 30.1 Å². The summed E-state index contributed by atoms with van der Waals surface area (Å²) >= 11 is 0. The number of ether oxygens (including phenoxy) is 1. The number of fused-ring (bicyclic) bond motifs is 1. The number of likely N-dealkylation sites (tertiary alicyclic amines) is 1. The monoisotopic (exact) mass is 811 g/mol. The number of piperazine rings is 1. The molecule has 2 aromatic heterocycles. The summed E-state index contributed by atoms with van der Waals surface area (Å²) in [5, 5.41) is 13.6. The van der Waals surface area contributed by atoms with Gasteiger partial charge in [0.15, 0.2) is 5.82 Å². The maximum atomic E-state index is 13.8. The third-order valence-electron chi connectivity index (χ3n) is 11.1. The first kappa shape index (κ1) is 39.4. The largest absolute Gasteiger partial charge is 0.494 e. The Morgan fingerprint density at radius 2 is 1.69 bits per heavy atom. The van der Waals surface area contributed by atoms with Gasteiger partial charge in [-0.25, -0.2) is 9.78 Å². The number of urea groups is 1. The summed E-state index contributed by atoms with van der Waals surface area (Å²) in [6, 6.07) is 19.8. The summed E-state index contributed by atoms with van der Waals surface area (Å²) in [6.07, 6.45) is -1.85. The molecular weight excluding hydrogens is 768 g/mol. The van der Waals surface area contributed by atoms with Gasteiger partial charge in [-0.2, -0.15) is 23.3 Å². The molecule has 5 aromatic rings. The molecule has 308 valence electrons. The van der Waals surface area contributed by atoms with Gasteiger partial charge in [0, 0.05) is 75.2 Å². The second-order valence-electron chi connectivity index (χ2n) is 14.9. The highest BCUT2D eigenvalue weighted by atomic mass is 19.4. The van der Waals surface area contributed by atoms with Crippen LogP contribution in [0.1, 0.15) is 36.3 Å². The van der Waals surface area contributed by atoms with Gasteiger partial charge in [0.05, 0.1) is 24.9 Å². The number of aryl methyl sites for hydroxylation is 1. The number of halogens is 3. The molecule has 15 nitrogen and oxygen atoms in total. The van der Waals surface area contributed by atoms with Crippen molar-refractivity contribution in [3.63, 3.8) is 0 Å². The van der Waals surface area contributed by atoms with E-state index in [2.05, 4.69) is 52.9 Å². The van der Waals surface area contributed by atoms with E-state index in [-0.39, 0.29) is 36.5 Å². The van der Waals surface area contributed by atoms with E-state index in [0.717, 1.165) is 48.7 Å². The van der Waals surface area contributed by atoms with E-state index in [1.165, 1.54) is 17.6 Å². The molecule has 3 fully saturated rings. The van der Waals surface area contributed by atoms with E-state index in [4.69, 9.17) is 4.74 Å². The maximum absolute atomic E-state index is 13.8. The SMILES string of the molecule is COc1cc(N2CCN(C(=O)CN3CCC(c4ccc5c(N6CCC(=O)NC6=O)nn(C)c5c4)CC3)CC2)ccc1Nc1ncc(C(F)(F)F)c(Nc2ccccc2)n1. The van der Waals surface area contributed by atoms with Crippen molar-refractivity contribution in [2.24, 2.45) is 7.05 Å². The predicted molar refractivity (Wildman–Crippen MR) is 216 cm³/mol. The lowest BCUT2D eigenvalue weighted by molar-refractivity contribution is -0.137. The second-order valence-corrected chi connectivity index (χ2v) is 14.9. The Kier molecular flexibility index (Phi) is 11.0. The minimum Gasteiger partial charge on any atom is -0.494 e. The zero-order valence-electron chi connectivity index (χ0n) is 32.6. The Balaban J connectivity index is 0.837. The molecule has 4 amide bonds. The summed E-state index contributed by atoms with van der Waals surface area (Å²) in [7, 11) is 3.37. The number of anilines is 6. The molecule has 5 heterocycles. The summed E-state index contributed by atoms with van der Waals surface area (Å²) in [6.45, 7) is 4.63. The van der Waals surface area contributed by atoms with Crippen molar-refractivity contribution in [3.8, 4) is 5.75 Å². The first-order valence-corrected chi connectivity index (χ1v) is 19.5. The number of methoxy groups -OCH3 is 1. The van der Waals surface area contributed by atoms with Crippen molar-refractivity contribution in [1.29, 1.82) is 0 Å². The van der Waals surface area contributed by atoms with Crippen LogP contribution >= 0.6 is 0 Å². The van der Waals surface area contributed by atoms with Crippen molar-refractivity contribution in [1.82, 2.24) is 34.9 Å². The lowest BCUT2D eigenvalue weighted by atomic mass is 9.89. The third kappa shape index (κ3) is 8.57. The fourth-order valence-corrected chi connectivity index (χ4v) is 7.91. The molecule has 3 aliphatic heterocycles. The number of imide groups is 1. The first-order chi connectivity index (χ1) is 28.4. The topological polar surface area (TPSA) is 153 Å². The number of amides is 4.